The molecule has 0 fully saturated rings. The molecular formula is C8H14N4O3S. The number of rotatable bonds is 7. The van der Waals surface area contributed by atoms with Crippen molar-refractivity contribution in [3.63, 3.8) is 0 Å². The molecule has 1 aromatic heterocycles. The second-order valence-corrected chi connectivity index (χ2v) is 5.02. The summed E-state index contributed by atoms with van der Waals surface area (Å²) in [7, 11) is -3.48. The van der Waals surface area contributed by atoms with E-state index in [2.05, 4.69) is 14.9 Å². The summed E-state index contributed by atoms with van der Waals surface area (Å²) in [4.78, 5) is 10.5. The van der Waals surface area contributed by atoms with Crippen LogP contribution in [0.25, 0.3) is 0 Å². The monoisotopic (exact) mass is 246 g/mol. The Morgan fingerprint density at radius 2 is 2.25 bits per heavy atom. The summed E-state index contributed by atoms with van der Waals surface area (Å²) in [6, 6.07) is 0. The molecule has 7 nitrogen and oxygen atoms in total. The minimum atomic E-state index is -3.48. The maximum atomic E-state index is 11.5. The van der Waals surface area contributed by atoms with Crippen LogP contribution in [0.5, 0.6) is 0 Å². The van der Waals surface area contributed by atoms with E-state index in [9.17, 15) is 13.2 Å². The van der Waals surface area contributed by atoms with Gasteiger partial charge in [0.1, 0.15) is 4.90 Å². The number of H-pyrrole nitrogens is 1. The average Bonchev–Trinajstić information content (AvgIpc) is 2.69. The van der Waals surface area contributed by atoms with Crippen molar-refractivity contribution in [3.05, 3.63) is 12.4 Å². The Bertz CT molecular complexity index is 426. The van der Waals surface area contributed by atoms with Crippen LogP contribution in [0.15, 0.2) is 17.3 Å². The molecule has 0 saturated carbocycles. The SMILES string of the molecule is NC(=O)CCCCNS(=O)(=O)c1cn[nH]c1. The number of aromatic amines is 1. The molecule has 0 unspecified atom stereocenters. The Kier molecular flexibility index (Phi) is 4.44. The zero-order valence-electron chi connectivity index (χ0n) is 8.64. The lowest BCUT2D eigenvalue weighted by atomic mass is 10.2. The lowest BCUT2D eigenvalue weighted by molar-refractivity contribution is -0.118. The number of carbonyl (C=O) groups excluding carboxylic acids is 1. The Hall–Kier alpha value is -1.41. The zero-order valence-corrected chi connectivity index (χ0v) is 9.46. The van der Waals surface area contributed by atoms with Crippen molar-refractivity contribution < 1.29 is 13.2 Å². The fourth-order valence-electron chi connectivity index (χ4n) is 1.10. The number of sulfonamides is 1. The average molecular weight is 246 g/mol. The first-order valence-corrected chi connectivity index (χ1v) is 6.27. The lowest BCUT2D eigenvalue weighted by Gasteiger charge is -2.03. The summed E-state index contributed by atoms with van der Waals surface area (Å²) in [5.74, 6) is -0.377. The van der Waals surface area contributed by atoms with E-state index in [0.29, 0.717) is 12.8 Å². The zero-order chi connectivity index (χ0) is 12.0. The first kappa shape index (κ1) is 12.7. The van der Waals surface area contributed by atoms with Gasteiger partial charge in [-0.25, -0.2) is 13.1 Å². The largest absolute Gasteiger partial charge is 0.370 e. The molecule has 90 valence electrons. The summed E-state index contributed by atoms with van der Waals surface area (Å²) in [6.07, 6.45) is 3.94. The van der Waals surface area contributed by atoms with Crippen LogP contribution >= 0.6 is 0 Å². The summed E-state index contributed by atoms with van der Waals surface area (Å²) in [5.41, 5.74) is 4.95. The van der Waals surface area contributed by atoms with E-state index in [-0.39, 0.29) is 23.8 Å². The van der Waals surface area contributed by atoms with Crippen molar-refractivity contribution in [2.24, 2.45) is 5.73 Å². The Morgan fingerprint density at radius 3 is 2.81 bits per heavy atom. The van der Waals surface area contributed by atoms with Crippen LogP contribution in [0.4, 0.5) is 0 Å². The number of nitrogens with zero attached hydrogens (tertiary/aromatic N) is 1. The number of unbranched alkanes of at least 4 members (excludes halogenated alkanes) is 1. The van der Waals surface area contributed by atoms with E-state index in [4.69, 9.17) is 5.73 Å². The van der Waals surface area contributed by atoms with E-state index in [1.165, 1.54) is 12.4 Å². The number of primary amides is 1. The van der Waals surface area contributed by atoms with Crippen molar-refractivity contribution >= 4 is 15.9 Å². The maximum absolute atomic E-state index is 11.5. The van der Waals surface area contributed by atoms with Gasteiger partial charge in [-0.05, 0) is 12.8 Å². The highest BCUT2D eigenvalue weighted by Crippen LogP contribution is 2.04. The smallest absolute Gasteiger partial charge is 0.243 e. The predicted molar refractivity (Wildman–Crippen MR) is 56.8 cm³/mol. The highest BCUT2D eigenvalue weighted by atomic mass is 32.2. The number of aromatic nitrogens is 2. The predicted octanol–water partition coefficient (Wildman–Crippen LogP) is -0.656. The normalized spacial score (nSPS) is 11.5. The van der Waals surface area contributed by atoms with Gasteiger partial charge in [-0.2, -0.15) is 5.10 Å². The van der Waals surface area contributed by atoms with Gasteiger partial charge in [0, 0.05) is 19.2 Å². The molecular weight excluding hydrogens is 232 g/mol. The topological polar surface area (TPSA) is 118 Å². The van der Waals surface area contributed by atoms with Gasteiger partial charge in [-0.1, -0.05) is 0 Å². The summed E-state index contributed by atoms with van der Waals surface area (Å²) >= 11 is 0. The van der Waals surface area contributed by atoms with Crippen LogP contribution in [-0.4, -0.2) is 31.1 Å². The second-order valence-electron chi connectivity index (χ2n) is 3.26. The minimum absolute atomic E-state index is 0.0994. The quantitative estimate of drug-likeness (QED) is 0.553. The number of hydrogen-bond donors (Lipinski definition) is 3. The molecule has 0 bridgehead atoms. The third-order valence-corrected chi connectivity index (χ3v) is 3.35. The molecule has 0 aromatic carbocycles. The molecule has 0 spiro atoms. The molecule has 0 aliphatic carbocycles. The van der Waals surface area contributed by atoms with Gasteiger partial charge in [-0.3, -0.25) is 9.89 Å². The van der Waals surface area contributed by atoms with E-state index in [0.717, 1.165) is 0 Å². The second kappa shape index (κ2) is 5.61. The van der Waals surface area contributed by atoms with Gasteiger partial charge in [-0.15, -0.1) is 0 Å². The van der Waals surface area contributed by atoms with E-state index in [1.807, 2.05) is 0 Å². The Morgan fingerprint density at radius 1 is 1.50 bits per heavy atom. The highest BCUT2D eigenvalue weighted by Gasteiger charge is 2.13. The number of nitrogens with two attached hydrogens (primary N) is 1. The fraction of sp³-hybridized carbons (Fsp3) is 0.500. The van der Waals surface area contributed by atoms with Crippen LogP contribution in [-0.2, 0) is 14.8 Å². The molecule has 4 N–H and O–H groups in total. The number of hydrogen-bond acceptors (Lipinski definition) is 4. The number of nitrogens with one attached hydrogen (secondary N) is 2. The van der Waals surface area contributed by atoms with Crippen molar-refractivity contribution in [2.45, 2.75) is 24.2 Å². The van der Waals surface area contributed by atoms with Gasteiger partial charge >= 0.3 is 0 Å². The van der Waals surface area contributed by atoms with Crippen LogP contribution in [0.1, 0.15) is 19.3 Å². The molecule has 1 rings (SSSR count). The van der Waals surface area contributed by atoms with Crippen molar-refractivity contribution in [1.29, 1.82) is 0 Å². The summed E-state index contributed by atoms with van der Waals surface area (Å²) in [6.45, 7) is 0.279. The van der Waals surface area contributed by atoms with Crippen molar-refractivity contribution in [2.75, 3.05) is 6.54 Å². The maximum Gasteiger partial charge on any atom is 0.243 e. The van der Waals surface area contributed by atoms with Crippen LogP contribution in [0.2, 0.25) is 0 Å². The standard InChI is InChI=1S/C8H14N4O3S/c9-8(13)3-1-2-4-12-16(14,15)7-5-10-11-6-7/h5-6,12H,1-4H2,(H2,9,13)(H,10,11). The minimum Gasteiger partial charge on any atom is -0.370 e. The first-order chi connectivity index (χ1) is 7.52. The van der Waals surface area contributed by atoms with E-state index < -0.39 is 10.0 Å². The van der Waals surface area contributed by atoms with Gasteiger partial charge < -0.3 is 5.73 Å². The molecule has 0 atom stereocenters. The molecule has 0 aliphatic heterocycles. The molecule has 1 amide bonds. The molecule has 16 heavy (non-hydrogen) atoms. The summed E-state index contributed by atoms with van der Waals surface area (Å²) in [5, 5.41) is 5.97. The van der Waals surface area contributed by atoms with Gasteiger partial charge in [0.2, 0.25) is 15.9 Å². The van der Waals surface area contributed by atoms with Gasteiger partial charge in [0.05, 0.1) is 6.20 Å². The highest BCUT2D eigenvalue weighted by molar-refractivity contribution is 7.89. The third kappa shape index (κ3) is 3.99. The summed E-state index contributed by atoms with van der Waals surface area (Å²) < 4.78 is 25.5. The Labute approximate surface area is 93.5 Å². The van der Waals surface area contributed by atoms with E-state index in [1.54, 1.807) is 0 Å². The fourth-order valence-corrected chi connectivity index (χ4v) is 2.08. The van der Waals surface area contributed by atoms with Gasteiger partial charge in [0.15, 0.2) is 0 Å². The number of carbonyl (C=O) groups is 1. The van der Waals surface area contributed by atoms with Crippen molar-refractivity contribution in [3.8, 4) is 0 Å². The van der Waals surface area contributed by atoms with E-state index >= 15 is 0 Å². The van der Waals surface area contributed by atoms with Gasteiger partial charge in [0.25, 0.3) is 0 Å². The molecule has 1 heterocycles. The van der Waals surface area contributed by atoms with Crippen LogP contribution < -0.4 is 10.5 Å². The number of amides is 1. The molecule has 0 saturated heterocycles. The molecule has 0 radical (unpaired) electrons. The lowest BCUT2D eigenvalue weighted by Crippen LogP contribution is -2.24. The van der Waals surface area contributed by atoms with Crippen molar-refractivity contribution in [1.82, 2.24) is 14.9 Å². The molecule has 0 aliphatic rings. The first-order valence-electron chi connectivity index (χ1n) is 4.79. The van der Waals surface area contributed by atoms with Crippen LogP contribution in [0, 0.1) is 0 Å². The molecule has 1 aromatic rings. The molecule has 8 heteroatoms. The third-order valence-electron chi connectivity index (χ3n) is 1.93. The van der Waals surface area contributed by atoms with Crippen LogP contribution in [0.3, 0.4) is 0 Å². The Balaban J connectivity index is 2.30.